The van der Waals surface area contributed by atoms with Gasteiger partial charge in [0.25, 0.3) is 5.91 Å². The van der Waals surface area contributed by atoms with Crippen molar-refractivity contribution >= 4 is 41.6 Å². The van der Waals surface area contributed by atoms with Crippen LogP contribution in [0.1, 0.15) is 29.8 Å². The van der Waals surface area contributed by atoms with Crippen molar-refractivity contribution in [3.05, 3.63) is 42.1 Å². The van der Waals surface area contributed by atoms with Crippen LogP contribution < -0.4 is 11.1 Å². The molecular formula is C15H19Cl2N3O. The van der Waals surface area contributed by atoms with Crippen LogP contribution in [0.4, 0.5) is 0 Å². The molecule has 0 spiro atoms. The molecule has 0 saturated heterocycles. The highest BCUT2D eigenvalue weighted by Crippen LogP contribution is 2.28. The van der Waals surface area contributed by atoms with E-state index < -0.39 is 0 Å². The molecule has 21 heavy (non-hydrogen) atoms. The zero-order chi connectivity index (χ0) is 13.3. The van der Waals surface area contributed by atoms with E-state index in [0.717, 1.165) is 30.2 Å². The van der Waals surface area contributed by atoms with Gasteiger partial charge in [0.05, 0.1) is 5.52 Å². The third kappa shape index (κ3) is 3.84. The number of fused-ring (bicyclic) bond motifs is 1. The van der Waals surface area contributed by atoms with Gasteiger partial charge < -0.3 is 11.1 Å². The van der Waals surface area contributed by atoms with E-state index >= 15 is 0 Å². The Bertz CT molecular complexity index is 629. The highest BCUT2D eigenvalue weighted by Gasteiger charge is 2.32. The minimum absolute atomic E-state index is 0. The second-order valence-corrected chi connectivity index (χ2v) is 5.29. The van der Waals surface area contributed by atoms with E-state index in [0.29, 0.717) is 12.2 Å². The summed E-state index contributed by atoms with van der Waals surface area (Å²) in [6.45, 7) is 0.528. The number of halogens is 2. The standard InChI is InChI=1S/C15H17N3O.2ClH/c16-15(8-3-9-15)10-17-14(19)13-7-6-11-4-1-2-5-12(11)18-13;;/h1-2,4-7H,3,8-10,16H2,(H,17,19);2*1H. The summed E-state index contributed by atoms with van der Waals surface area (Å²) < 4.78 is 0. The summed E-state index contributed by atoms with van der Waals surface area (Å²) in [7, 11) is 0. The minimum Gasteiger partial charge on any atom is -0.349 e. The van der Waals surface area contributed by atoms with Gasteiger partial charge in [0.15, 0.2) is 0 Å². The molecule has 6 heteroatoms. The van der Waals surface area contributed by atoms with Crippen LogP contribution in [0.15, 0.2) is 36.4 Å². The largest absolute Gasteiger partial charge is 0.349 e. The minimum atomic E-state index is -0.202. The van der Waals surface area contributed by atoms with E-state index in [9.17, 15) is 4.79 Å². The number of hydrogen-bond acceptors (Lipinski definition) is 3. The van der Waals surface area contributed by atoms with Gasteiger partial charge in [-0.25, -0.2) is 4.98 Å². The van der Waals surface area contributed by atoms with Crippen molar-refractivity contribution in [1.29, 1.82) is 0 Å². The second kappa shape index (κ2) is 7.07. The highest BCUT2D eigenvalue weighted by atomic mass is 35.5. The summed E-state index contributed by atoms with van der Waals surface area (Å²) >= 11 is 0. The van der Waals surface area contributed by atoms with E-state index in [-0.39, 0.29) is 36.3 Å². The number of benzene rings is 1. The van der Waals surface area contributed by atoms with Gasteiger partial charge in [0.2, 0.25) is 0 Å². The first-order valence-corrected chi connectivity index (χ1v) is 6.59. The monoisotopic (exact) mass is 327 g/mol. The van der Waals surface area contributed by atoms with E-state index in [4.69, 9.17) is 5.73 Å². The molecule has 1 amide bonds. The van der Waals surface area contributed by atoms with E-state index in [1.54, 1.807) is 6.07 Å². The average Bonchev–Trinajstić information content (AvgIpc) is 2.42. The summed E-state index contributed by atoms with van der Waals surface area (Å²) in [5.74, 6) is -0.150. The van der Waals surface area contributed by atoms with Crippen LogP contribution in [0.5, 0.6) is 0 Å². The van der Waals surface area contributed by atoms with Crippen molar-refractivity contribution in [1.82, 2.24) is 10.3 Å². The molecule has 0 unspecified atom stereocenters. The van der Waals surface area contributed by atoms with Gasteiger partial charge in [0, 0.05) is 17.5 Å². The zero-order valence-corrected chi connectivity index (χ0v) is 13.2. The second-order valence-electron chi connectivity index (χ2n) is 5.29. The predicted octanol–water partition coefficient (Wildman–Crippen LogP) is 2.69. The summed E-state index contributed by atoms with van der Waals surface area (Å²) in [6.07, 6.45) is 3.12. The summed E-state index contributed by atoms with van der Waals surface area (Å²) in [5.41, 5.74) is 7.16. The Balaban J connectivity index is 0.00000110. The van der Waals surface area contributed by atoms with Crippen molar-refractivity contribution < 1.29 is 4.79 Å². The molecule has 0 atom stereocenters. The number of para-hydroxylation sites is 1. The lowest BCUT2D eigenvalue weighted by atomic mass is 9.78. The molecule has 0 aliphatic heterocycles. The van der Waals surface area contributed by atoms with Crippen molar-refractivity contribution in [2.45, 2.75) is 24.8 Å². The quantitative estimate of drug-likeness (QED) is 0.910. The Labute approximate surface area is 136 Å². The number of hydrogen-bond donors (Lipinski definition) is 2. The van der Waals surface area contributed by atoms with Gasteiger partial charge in [-0.1, -0.05) is 24.3 Å². The van der Waals surface area contributed by atoms with Crippen molar-refractivity contribution in [3.63, 3.8) is 0 Å². The van der Waals surface area contributed by atoms with Crippen LogP contribution in [0.25, 0.3) is 10.9 Å². The Morgan fingerprint density at radius 1 is 1.19 bits per heavy atom. The summed E-state index contributed by atoms with van der Waals surface area (Å²) in [4.78, 5) is 16.4. The third-order valence-electron chi connectivity index (χ3n) is 3.78. The molecule has 1 aromatic carbocycles. The molecule has 0 bridgehead atoms. The first kappa shape index (κ1) is 17.7. The molecule has 1 aromatic heterocycles. The summed E-state index contributed by atoms with van der Waals surface area (Å²) in [5, 5.41) is 3.92. The smallest absolute Gasteiger partial charge is 0.269 e. The fourth-order valence-electron chi connectivity index (χ4n) is 2.35. The zero-order valence-electron chi connectivity index (χ0n) is 11.5. The van der Waals surface area contributed by atoms with Crippen molar-refractivity contribution in [3.8, 4) is 0 Å². The molecule has 3 rings (SSSR count). The summed E-state index contributed by atoms with van der Waals surface area (Å²) in [6, 6.07) is 11.4. The van der Waals surface area contributed by atoms with Gasteiger partial charge in [-0.2, -0.15) is 0 Å². The van der Waals surface area contributed by atoms with Gasteiger partial charge in [-0.3, -0.25) is 4.79 Å². The van der Waals surface area contributed by atoms with Gasteiger partial charge in [-0.05, 0) is 31.4 Å². The molecule has 4 nitrogen and oxygen atoms in total. The van der Waals surface area contributed by atoms with Gasteiger partial charge in [-0.15, -0.1) is 24.8 Å². The molecule has 1 aliphatic carbocycles. The molecule has 3 N–H and O–H groups in total. The van der Waals surface area contributed by atoms with Crippen molar-refractivity contribution in [2.75, 3.05) is 6.54 Å². The number of pyridine rings is 1. The number of carbonyl (C=O) groups excluding carboxylic acids is 1. The van der Waals surface area contributed by atoms with Crippen LogP contribution in [0, 0.1) is 0 Å². The molecule has 1 fully saturated rings. The van der Waals surface area contributed by atoms with Crippen LogP contribution in [-0.4, -0.2) is 23.0 Å². The molecule has 1 heterocycles. The highest BCUT2D eigenvalue weighted by molar-refractivity contribution is 5.94. The Morgan fingerprint density at radius 2 is 1.90 bits per heavy atom. The van der Waals surface area contributed by atoms with E-state index in [2.05, 4.69) is 10.3 Å². The maximum absolute atomic E-state index is 12.0. The Hall–Kier alpha value is -1.36. The first-order chi connectivity index (χ1) is 9.16. The van der Waals surface area contributed by atoms with Gasteiger partial charge >= 0.3 is 0 Å². The number of nitrogens with two attached hydrogens (primary N) is 1. The van der Waals surface area contributed by atoms with E-state index in [1.165, 1.54) is 0 Å². The van der Waals surface area contributed by atoms with Crippen LogP contribution in [0.3, 0.4) is 0 Å². The Kier molecular flexibility index (Phi) is 5.96. The lowest BCUT2D eigenvalue weighted by Crippen LogP contribution is -2.55. The number of rotatable bonds is 3. The maximum atomic E-state index is 12.0. The fraction of sp³-hybridized carbons (Fsp3) is 0.333. The Morgan fingerprint density at radius 3 is 2.57 bits per heavy atom. The molecule has 1 saturated carbocycles. The molecule has 2 aromatic rings. The predicted molar refractivity (Wildman–Crippen MR) is 89.3 cm³/mol. The number of amides is 1. The van der Waals surface area contributed by atoms with Crippen LogP contribution in [-0.2, 0) is 0 Å². The average molecular weight is 328 g/mol. The maximum Gasteiger partial charge on any atom is 0.269 e. The third-order valence-corrected chi connectivity index (χ3v) is 3.78. The van der Waals surface area contributed by atoms with Crippen molar-refractivity contribution in [2.24, 2.45) is 5.73 Å². The number of aromatic nitrogens is 1. The lowest BCUT2D eigenvalue weighted by Gasteiger charge is -2.38. The lowest BCUT2D eigenvalue weighted by molar-refractivity contribution is 0.0925. The number of nitrogens with one attached hydrogen (secondary N) is 1. The SMILES string of the molecule is Cl.Cl.NC1(CNC(=O)c2ccc3ccccc3n2)CCC1. The van der Waals surface area contributed by atoms with Crippen LogP contribution >= 0.6 is 24.8 Å². The molecule has 1 aliphatic rings. The molecule has 114 valence electrons. The fourth-order valence-corrected chi connectivity index (χ4v) is 2.35. The number of carbonyl (C=O) groups is 1. The van der Waals surface area contributed by atoms with Gasteiger partial charge in [0.1, 0.15) is 5.69 Å². The molecular weight excluding hydrogens is 309 g/mol. The van der Waals surface area contributed by atoms with Crippen LogP contribution in [0.2, 0.25) is 0 Å². The normalized spacial score (nSPS) is 15.3. The van der Waals surface area contributed by atoms with E-state index in [1.807, 2.05) is 30.3 Å². The topological polar surface area (TPSA) is 68.0 Å². The first-order valence-electron chi connectivity index (χ1n) is 6.59. The number of nitrogens with zero attached hydrogens (tertiary/aromatic N) is 1. The molecule has 0 radical (unpaired) electrons.